The van der Waals surface area contributed by atoms with Gasteiger partial charge in [0.25, 0.3) is 0 Å². The number of amides is 1. The van der Waals surface area contributed by atoms with Crippen LogP contribution < -0.4 is 0 Å². The van der Waals surface area contributed by atoms with Gasteiger partial charge in [0.15, 0.2) is 0 Å². The number of carbonyl (C=O) groups is 2. The minimum atomic E-state index is -0.804. The van der Waals surface area contributed by atoms with Gasteiger partial charge in [-0.25, -0.2) is 0 Å². The highest BCUT2D eigenvalue weighted by atomic mass is 32.2. The molecule has 0 aliphatic carbocycles. The number of likely N-dealkylation sites (N-methyl/N-ethyl adjacent to an activating group) is 1. The average Bonchev–Trinajstić information content (AvgIpc) is 2.92. The van der Waals surface area contributed by atoms with E-state index in [1.807, 2.05) is 29.0 Å². The lowest BCUT2D eigenvalue weighted by Gasteiger charge is -2.25. The zero-order valence-corrected chi connectivity index (χ0v) is 16.5. The summed E-state index contributed by atoms with van der Waals surface area (Å²) in [6.07, 6.45) is 2.68. The maximum atomic E-state index is 12.6. The van der Waals surface area contributed by atoms with E-state index < -0.39 is 5.97 Å². The minimum absolute atomic E-state index is 0.0520. The van der Waals surface area contributed by atoms with E-state index in [1.165, 1.54) is 10.8 Å². The molecule has 1 amide bonds. The third-order valence-corrected chi connectivity index (χ3v) is 6.12. The van der Waals surface area contributed by atoms with Crippen LogP contribution in [0, 0.1) is 0 Å². The molecule has 1 aliphatic rings. The molecule has 1 aliphatic heterocycles. The third kappa shape index (κ3) is 5.47. The van der Waals surface area contributed by atoms with Gasteiger partial charge in [-0.2, -0.15) is 0 Å². The zero-order valence-electron chi connectivity index (χ0n) is 15.6. The van der Waals surface area contributed by atoms with Crippen LogP contribution >= 0.6 is 11.8 Å². The second kappa shape index (κ2) is 9.24. The SMILES string of the molecule is CN(CC(=O)O)C1CCCN(C(=O)CSc2ccc3ccccc3c2)CC1. The molecule has 144 valence electrons. The molecule has 0 spiro atoms. The number of thioether (sulfide) groups is 1. The van der Waals surface area contributed by atoms with Gasteiger partial charge in [0.1, 0.15) is 0 Å². The summed E-state index contributed by atoms with van der Waals surface area (Å²) in [5, 5.41) is 11.4. The van der Waals surface area contributed by atoms with E-state index in [-0.39, 0.29) is 18.5 Å². The van der Waals surface area contributed by atoms with Crippen LogP contribution in [-0.2, 0) is 9.59 Å². The van der Waals surface area contributed by atoms with E-state index in [1.54, 1.807) is 11.8 Å². The second-order valence-corrected chi connectivity index (χ2v) is 8.12. The van der Waals surface area contributed by atoms with Crippen molar-refractivity contribution in [2.24, 2.45) is 0 Å². The molecule has 3 rings (SSSR count). The van der Waals surface area contributed by atoms with Crippen molar-refractivity contribution in [1.29, 1.82) is 0 Å². The smallest absolute Gasteiger partial charge is 0.317 e. The van der Waals surface area contributed by atoms with Crippen molar-refractivity contribution >= 4 is 34.4 Å². The molecule has 1 fully saturated rings. The molecule has 1 atom stereocenters. The lowest BCUT2D eigenvalue weighted by Crippen LogP contribution is -2.37. The summed E-state index contributed by atoms with van der Waals surface area (Å²) < 4.78 is 0. The number of carboxylic acid groups (broad SMARTS) is 1. The number of hydrogen-bond acceptors (Lipinski definition) is 4. The Kier molecular flexibility index (Phi) is 6.74. The Morgan fingerprint density at radius 3 is 2.70 bits per heavy atom. The molecule has 6 heteroatoms. The van der Waals surface area contributed by atoms with Crippen LogP contribution in [0.15, 0.2) is 47.4 Å². The Morgan fingerprint density at radius 1 is 1.15 bits per heavy atom. The van der Waals surface area contributed by atoms with Crippen LogP contribution in [-0.4, -0.2) is 65.3 Å². The predicted octanol–water partition coefficient (Wildman–Crippen LogP) is 3.33. The molecule has 2 aromatic carbocycles. The Balaban J connectivity index is 1.52. The number of aliphatic carboxylic acids is 1. The number of carboxylic acids is 1. The van der Waals surface area contributed by atoms with Crippen molar-refractivity contribution < 1.29 is 14.7 Å². The van der Waals surface area contributed by atoms with E-state index in [0.29, 0.717) is 12.3 Å². The highest BCUT2D eigenvalue weighted by Crippen LogP contribution is 2.24. The number of likely N-dealkylation sites (tertiary alicyclic amines) is 1. The van der Waals surface area contributed by atoms with Gasteiger partial charge < -0.3 is 10.0 Å². The Labute approximate surface area is 164 Å². The lowest BCUT2D eigenvalue weighted by molar-refractivity contribution is -0.138. The van der Waals surface area contributed by atoms with E-state index >= 15 is 0 Å². The Hall–Kier alpha value is -2.05. The summed E-state index contributed by atoms with van der Waals surface area (Å²) in [7, 11) is 1.85. The average molecular weight is 387 g/mol. The van der Waals surface area contributed by atoms with Gasteiger partial charge in [-0.15, -0.1) is 11.8 Å². The van der Waals surface area contributed by atoms with Crippen molar-refractivity contribution in [3.05, 3.63) is 42.5 Å². The number of nitrogens with zero attached hydrogens (tertiary/aromatic N) is 2. The topological polar surface area (TPSA) is 60.9 Å². The molecule has 0 radical (unpaired) electrons. The summed E-state index contributed by atoms with van der Waals surface area (Å²) in [5.41, 5.74) is 0. The molecule has 0 aromatic heterocycles. The fourth-order valence-electron chi connectivity index (χ4n) is 3.60. The number of hydrogen-bond donors (Lipinski definition) is 1. The maximum Gasteiger partial charge on any atom is 0.317 e. The molecular weight excluding hydrogens is 360 g/mol. The summed E-state index contributed by atoms with van der Waals surface area (Å²) in [6.45, 7) is 1.51. The fourth-order valence-corrected chi connectivity index (χ4v) is 4.45. The zero-order chi connectivity index (χ0) is 19.2. The predicted molar refractivity (Wildman–Crippen MR) is 109 cm³/mol. The fraction of sp³-hybridized carbons (Fsp3) is 0.429. The molecule has 1 N–H and O–H groups in total. The van der Waals surface area contributed by atoms with Gasteiger partial charge in [0.2, 0.25) is 5.91 Å². The largest absolute Gasteiger partial charge is 0.480 e. The van der Waals surface area contributed by atoms with Gasteiger partial charge in [-0.3, -0.25) is 14.5 Å². The summed E-state index contributed by atoms with van der Waals surface area (Å²) in [5.74, 6) is -0.204. The van der Waals surface area contributed by atoms with Crippen LogP contribution in [0.3, 0.4) is 0 Å². The molecule has 0 bridgehead atoms. The van der Waals surface area contributed by atoms with Crippen LogP contribution in [0.5, 0.6) is 0 Å². The van der Waals surface area contributed by atoms with E-state index in [2.05, 4.69) is 30.3 Å². The van der Waals surface area contributed by atoms with Gasteiger partial charge in [-0.1, -0.05) is 30.3 Å². The van der Waals surface area contributed by atoms with Gasteiger partial charge in [0.05, 0.1) is 12.3 Å². The van der Waals surface area contributed by atoms with E-state index in [9.17, 15) is 9.59 Å². The number of benzene rings is 2. The molecule has 0 saturated carbocycles. The monoisotopic (exact) mass is 386 g/mol. The van der Waals surface area contributed by atoms with Crippen molar-refractivity contribution in [1.82, 2.24) is 9.80 Å². The van der Waals surface area contributed by atoms with Gasteiger partial charge in [0, 0.05) is 24.0 Å². The van der Waals surface area contributed by atoms with Crippen molar-refractivity contribution in [3.8, 4) is 0 Å². The summed E-state index contributed by atoms with van der Waals surface area (Å²) in [6, 6.07) is 14.7. The highest BCUT2D eigenvalue weighted by molar-refractivity contribution is 8.00. The first-order valence-electron chi connectivity index (χ1n) is 9.34. The third-order valence-electron chi connectivity index (χ3n) is 5.14. The van der Waals surface area contributed by atoms with Crippen LogP contribution in [0.25, 0.3) is 10.8 Å². The summed E-state index contributed by atoms with van der Waals surface area (Å²) in [4.78, 5) is 28.5. The molecular formula is C21H26N2O3S. The van der Waals surface area contributed by atoms with E-state index in [0.717, 1.165) is 30.7 Å². The molecule has 27 heavy (non-hydrogen) atoms. The molecule has 1 heterocycles. The molecule has 1 saturated heterocycles. The number of carbonyl (C=O) groups excluding carboxylic acids is 1. The van der Waals surface area contributed by atoms with Crippen LogP contribution in [0.4, 0.5) is 0 Å². The quantitative estimate of drug-likeness (QED) is 0.772. The van der Waals surface area contributed by atoms with Crippen LogP contribution in [0.2, 0.25) is 0 Å². The van der Waals surface area contributed by atoms with E-state index in [4.69, 9.17) is 5.11 Å². The highest BCUT2D eigenvalue weighted by Gasteiger charge is 2.23. The molecule has 2 aromatic rings. The van der Waals surface area contributed by atoms with Crippen LogP contribution in [0.1, 0.15) is 19.3 Å². The number of fused-ring (bicyclic) bond motifs is 1. The molecule has 1 unspecified atom stereocenters. The molecule has 5 nitrogen and oxygen atoms in total. The standard InChI is InChI=1S/C21H26N2O3S/c1-22(14-21(25)26)18-7-4-11-23(12-10-18)20(24)15-27-19-9-8-16-5-2-3-6-17(16)13-19/h2-3,5-6,8-9,13,18H,4,7,10-12,14-15H2,1H3,(H,25,26). The van der Waals surface area contributed by atoms with Gasteiger partial charge in [-0.05, 0) is 49.2 Å². The normalized spacial score (nSPS) is 17.9. The second-order valence-electron chi connectivity index (χ2n) is 7.07. The van der Waals surface area contributed by atoms with Gasteiger partial charge >= 0.3 is 5.97 Å². The number of rotatable bonds is 6. The first-order valence-corrected chi connectivity index (χ1v) is 10.3. The lowest BCUT2D eigenvalue weighted by atomic mass is 10.1. The van der Waals surface area contributed by atoms with Crippen molar-refractivity contribution in [3.63, 3.8) is 0 Å². The minimum Gasteiger partial charge on any atom is -0.480 e. The first kappa shape index (κ1) is 19.7. The summed E-state index contributed by atoms with van der Waals surface area (Å²) >= 11 is 1.58. The Morgan fingerprint density at radius 2 is 1.93 bits per heavy atom. The maximum absolute atomic E-state index is 12.6. The Bertz CT molecular complexity index is 811. The first-order chi connectivity index (χ1) is 13.0. The van der Waals surface area contributed by atoms with Crippen molar-refractivity contribution in [2.45, 2.75) is 30.2 Å². The van der Waals surface area contributed by atoms with Crippen molar-refractivity contribution in [2.75, 3.05) is 32.4 Å².